The Kier molecular flexibility index (Phi) is 4.87. The molecule has 1 heterocycles. The van der Waals surface area contributed by atoms with Crippen LogP contribution in [-0.4, -0.2) is 16.7 Å². The predicted octanol–water partition coefficient (Wildman–Crippen LogP) is 4.96. The van der Waals surface area contributed by atoms with Crippen LogP contribution in [0.3, 0.4) is 0 Å². The number of nitrogens with zero attached hydrogens (tertiary/aromatic N) is 1. The number of halogens is 1. The van der Waals surface area contributed by atoms with Crippen molar-refractivity contribution in [2.45, 2.75) is 43.7 Å². The molecule has 2 aliphatic rings. The van der Waals surface area contributed by atoms with Crippen molar-refractivity contribution in [1.29, 1.82) is 0 Å². The van der Waals surface area contributed by atoms with Crippen LogP contribution < -0.4 is 4.74 Å². The van der Waals surface area contributed by atoms with Crippen molar-refractivity contribution in [2.24, 2.45) is 5.92 Å². The maximum Gasteiger partial charge on any atom is 0.261 e. The Hall–Kier alpha value is -2.40. The van der Waals surface area contributed by atoms with Crippen molar-refractivity contribution in [3.8, 4) is 5.75 Å². The van der Waals surface area contributed by atoms with E-state index in [-0.39, 0.29) is 16.6 Å². The van der Waals surface area contributed by atoms with Gasteiger partial charge < -0.3 is 4.74 Å². The number of carbonyl (C=O) groups is 1. The van der Waals surface area contributed by atoms with E-state index in [2.05, 4.69) is 0 Å². The second-order valence-electron chi connectivity index (χ2n) is 7.25. The second-order valence-corrected chi connectivity index (χ2v) is 7.69. The molecule has 0 aromatic heterocycles. The third-order valence-corrected chi connectivity index (χ3v) is 5.90. The van der Waals surface area contributed by atoms with E-state index in [1.165, 1.54) is 0 Å². The third kappa shape index (κ3) is 3.32. The normalized spacial score (nSPS) is 27.5. The fourth-order valence-corrected chi connectivity index (χ4v) is 4.68. The van der Waals surface area contributed by atoms with Crippen molar-refractivity contribution in [3.63, 3.8) is 0 Å². The molecule has 27 heavy (non-hydrogen) atoms. The van der Waals surface area contributed by atoms with Gasteiger partial charge in [-0.3, -0.25) is 14.9 Å². The minimum atomic E-state index is -1.04. The van der Waals surface area contributed by atoms with E-state index in [0.29, 0.717) is 29.2 Å². The lowest BCUT2D eigenvalue weighted by Gasteiger charge is -2.39. The van der Waals surface area contributed by atoms with Crippen molar-refractivity contribution < 1.29 is 14.5 Å². The van der Waals surface area contributed by atoms with E-state index in [0.717, 1.165) is 18.4 Å². The number of carbonyl (C=O) groups excluding carboxylic acids is 1. The quantitative estimate of drug-likeness (QED) is 0.553. The molecule has 0 amide bonds. The second kappa shape index (κ2) is 7.31. The Morgan fingerprint density at radius 3 is 2.67 bits per heavy atom. The molecule has 0 radical (unpaired) electrons. The van der Waals surface area contributed by atoms with Gasteiger partial charge in [0.15, 0.2) is 6.10 Å². The molecular weight excluding hydrogens is 366 g/mol. The Bertz CT molecular complexity index is 884. The van der Waals surface area contributed by atoms with Crippen molar-refractivity contribution >= 4 is 17.4 Å². The van der Waals surface area contributed by atoms with Crippen LogP contribution in [0.15, 0.2) is 48.5 Å². The van der Waals surface area contributed by atoms with Gasteiger partial charge in [-0.15, -0.1) is 0 Å². The maximum atomic E-state index is 12.7. The van der Waals surface area contributed by atoms with Crippen LogP contribution in [0, 0.1) is 16.0 Å². The molecule has 6 heteroatoms. The summed E-state index contributed by atoms with van der Waals surface area (Å²) in [4.78, 5) is 24.6. The first-order valence-electron chi connectivity index (χ1n) is 9.23. The molecule has 140 valence electrons. The van der Waals surface area contributed by atoms with Crippen LogP contribution in [0.5, 0.6) is 5.75 Å². The molecule has 1 aliphatic carbocycles. The summed E-state index contributed by atoms with van der Waals surface area (Å²) >= 11 is 6.12. The van der Waals surface area contributed by atoms with Gasteiger partial charge in [0.25, 0.3) is 6.04 Å². The molecule has 0 unspecified atom stereocenters. The van der Waals surface area contributed by atoms with Crippen molar-refractivity contribution in [3.05, 3.63) is 74.8 Å². The van der Waals surface area contributed by atoms with Gasteiger partial charge in [-0.1, -0.05) is 48.4 Å². The number of hydrogen-bond donors (Lipinski definition) is 0. The smallest absolute Gasteiger partial charge is 0.261 e. The third-order valence-electron chi connectivity index (χ3n) is 5.67. The highest BCUT2D eigenvalue weighted by atomic mass is 35.5. The molecule has 1 fully saturated rings. The standard InChI is InChI=1S/C21H20ClNO4/c22-14-7-5-6-13(12-14)21-20(23(25)26)19(15-8-1-3-10-17(15)24)16-9-2-4-11-18(16)27-21/h2,4-7,9,11-12,15,19-21H,1,3,8,10H2/t15-,19-,20+,21+/m0/s1. The Labute approximate surface area is 162 Å². The van der Waals surface area contributed by atoms with Crippen LogP contribution in [0.25, 0.3) is 0 Å². The van der Waals surface area contributed by atoms with E-state index in [9.17, 15) is 14.9 Å². The van der Waals surface area contributed by atoms with E-state index in [4.69, 9.17) is 16.3 Å². The lowest BCUT2D eigenvalue weighted by molar-refractivity contribution is -0.541. The van der Waals surface area contributed by atoms with Crippen LogP contribution in [0.2, 0.25) is 5.02 Å². The Balaban J connectivity index is 1.85. The average Bonchev–Trinajstić information content (AvgIpc) is 2.67. The molecule has 0 saturated heterocycles. The van der Waals surface area contributed by atoms with Crippen molar-refractivity contribution in [2.75, 3.05) is 0 Å². The summed E-state index contributed by atoms with van der Waals surface area (Å²) in [7, 11) is 0. The topological polar surface area (TPSA) is 69.4 Å². The number of rotatable bonds is 3. The van der Waals surface area contributed by atoms with Gasteiger partial charge >= 0.3 is 0 Å². The molecule has 2 aromatic rings. The van der Waals surface area contributed by atoms with Crippen LogP contribution >= 0.6 is 11.6 Å². The minimum absolute atomic E-state index is 0.125. The van der Waals surface area contributed by atoms with Gasteiger partial charge in [-0.25, -0.2) is 0 Å². The zero-order chi connectivity index (χ0) is 19.0. The molecule has 1 saturated carbocycles. The zero-order valence-corrected chi connectivity index (χ0v) is 15.5. The summed E-state index contributed by atoms with van der Waals surface area (Å²) in [5.74, 6) is -0.105. The molecule has 4 rings (SSSR count). The van der Waals surface area contributed by atoms with E-state index < -0.39 is 18.1 Å². The summed E-state index contributed by atoms with van der Waals surface area (Å²) in [5.41, 5.74) is 1.42. The zero-order valence-electron chi connectivity index (χ0n) is 14.7. The van der Waals surface area contributed by atoms with Gasteiger partial charge in [-0.2, -0.15) is 0 Å². The first-order chi connectivity index (χ1) is 13.1. The highest BCUT2D eigenvalue weighted by molar-refractivity contribution is 6.30. The van der Waals surface area contributed by atoms with E-state index in [1.54, 1.807) is 24.3 Å². The van der Waals surface area contributed by atoms with Crippen LogP contribution in [0.1, 0.15) is 48.8 Å². The fraction of sp³-hybridized carbons (Fsp3) is 0.381. The molecule has 4 atom stereocenters. The Morgan fingerprint density at radius 1 is 1.11 bits per heavy atom. The number of para-hydroxylation sites is 1. The maximum absolute atomic E-state index is 12.7. The highest BCUT2D eigenvalue weighted by Crippen LogP contribution is 2.49. The van der Waals surface area contributed by atoms with E-state index >= 15 is 0 Å². The van der Waals surface area contributed by atoms with Gasteiger partial charge in [0.1, 0.15) is 11.5 Å². The summed E-state index contributed by atoms with van der Waals surface area (Å²) in [6.07, 6.45) is 2.18. The monoisotopic (exact) mass is 385 g/mol. The van der Waals surface area contributed by atoms with Gasteiger partial charge in [0.05, 0.1) is 5.92 Å². The number of fused-ring (bicyclic) bond motifs is 1. The van der Waals surface area contributed by atoms with Gasteiger partial charge in [-0.05, 0) is 31.0 Å². The summed E-state index contributed by atoms with van der Waals surface area (Å²) < 4.78 is 6.09. The number of ketones is 1. The lowest BCUT2D eigenvalue weighted by Crippen LogP contribution is -2.45. The molecule has 5 nitrogen and oxygen atoms in total. The fourth-order valence-electron chi connectivity index (χ4n) is 4.48. The summed E-state index contributed by atoms with van der Waals surface area (Å²) in [5, 5.41) is 12.7. The first-order valence-corrected chi connectivity index (χ1v) is 9.61. The minimum Gasteiger partial charge on any atom is -0.478 e. The first kappa shape index (κ1) is 18.0. The average molecular weight is 386 g/mol. The SMILES string of the molecule is O=C1CCCC[C@@H]1[C@H]1c2ccccc2O[C@H](c2cccc(Cl)c2)[C@@H]1[N+](=O)[O-]. The van der Waals surface area contributed by atoms with Crippen LogP contribution in [-0.2, 0) is 4.79 Å². The summed E-state index contributed by atoms with van der Waals surface area (Å²) in [6.45, 7) is 0. The van der Waals surface area contributed by atoms with E-state index in [1.807, 2.05) is 24.3 Å². The molecule has 1 aliphatic heterocycles. The lowest BCUT2D eigenvalue weighted by atomic mass is 9.69. The molecule has 0 N–H and O–H groups in total. The summed E-state index contributed by atoms with van der Waals surface area (Å²) in [6, 6.07) is 13.3. The number of benzene rings is 2. The molecule has 0 bridgehead atoms. The number of hydrogen-bond acceptors (Lipinski definition) is 4. The number of ether oxygens (including phenoxy) is 1. The molecule has 0 spiro atoms. The number of Topliss-reactive ketones (excluding diaryl/α,β-unsaturated/α-hetero) is 1. The molecule has 2 aromatic carbocycles. The Morgan fingerprint density at radius 2 is 1.93 bits per heavy atom. The number of nitro groups is 1. The van der Waals surface area contributed by atoms with Gasteiger partial charge in [0, 0.05) is 33.4 Å². The van der Waals surface area contributed by atoms with Crippen LogP contribution in [0.4, 0.5) is 0 Å². The molecular formula is C21H20ClNO4. The largest absolute Gasteiger partial charge is 0.478 e. The van der Waals surface area contributed by atoms with Gasteiger partial charge in [0.2, 0.25) is 0 Å². The predicted molar refractivity (Wildman–Crippen MR) is 102 cm³/mol. The highest BCUT2D eigenvalue weighted by Gasteiger charge is 2.52. The van der Waals surface area contributed by atoms with Crippen molar-refractivity contribution in [1.82, 2.24) is 0 Å².